The fourth-order valence-corrected chi connectivity index (χ4v) is 0. The summed E-state index contributed by atoms with van der Waals surface area (Å²) in [5, 5.41) is 73.8. The second-order valence-electron chi connectivity index (χ2n) is 1.12. The molecule has 0 aromatic carbocycles. The molecule has 0 saturated heterocycles. The van der Waals surface area contributed by atoms with Crippen molar-refractivity contribution in [3.63, 3.8) is 0 Å². The molecule has 23 heteroatoms. The van der Waals surface area contributed by atoms with Gasteiger partial charge >= 0.3 is 36.9 Å². The van der Waals surface area contributed by atoms with E-state index in [9.17, 15) is 0 Å². The molecule has 0 rings (SSSR count). The normalized spacial score (nSPS) is 5.22. The predicted octanol–water partition coefficient (Wildman–Crippen LogP) is -0.443. The summed E-state index contributed by atoms with van der Waals surface area (Å²) < 4.78 is 0. The van der Waals surface area contributed by atoms with Crippen LogP contribution >= 0.6 is 0 Å². The van der Waals surface area contributed by atoms with Crippen LogP contribution in [0, 0.1) is 113 Å². The van der Waals surface area contributed by atoms with Crippen LogP contribution in [0.4, 0.5) is 0 Å². The summed E-state index contributed by atoms with van der Waals surface area (Å²) in [6, 6.07) is 0. The van der Waals surface area contributed by atoms with E-state index in [0.29, 0.717) is 0 Å². The van der Waals surface area contributed by atoms with Crippen LogP contribution in [0.25, 0.3) is 0 Å². The van der Waals surface area contributed by atoms with E-state index in [2.05, 4.69) is 0 Å². The molecule has 8 N–H and O–H groups in total. The molecule has 0 heterocycles. The third-order valence-corrected chi connectivity index (χ3v) is 0. The fraction of sp³-hybridized carbons (Fsp3) is 0. The van der Waals surface area contributed by atoms with Crippen molar-refractivity contribution in [1.82, 2.24) is 12.3 Å². The molecule has 0 spiro atoms. The molecule has 0 fully saturated rings. The largest absolute Gasteiger partial charge is 3.00 e. The molecule has 148 valence electrons. The average molecular weight is 521 g/mol. The number of rotatable bonds is 0. The minimum absolute atomic E-state index is 0. The van der Waals surface area contributed by atoms with E-state index in [1.165, 1.54) is 0 Å². The SMILES string of the molecule is O=[N+]([O-])[O-].O=[N+]([O-])[O-].O=[N+]([O-])[O-].O=[N+]([O-])[O-].O=[N+]([O-])[O-].[Lu+3].[NH4+].[NH4+]. The molecule has 0 aliphatic rings. The molecule has 22 nitrogen and oxygen atoms in total. The van der Waals surface area contributed by atoms with Crippen molar-refractivity contribution in [3.8, 4) is 0 Å². The minimum atomic E-state index is -1.75. The van der Waals surface area contributed by atoms with E-state index in [0.717, 1.165) is 0 Å². The number of quaternary nitrogens is 2. The van der Waals surface area contributed by atoms with Gasteiger partial charge in [0.15, 0.2) is 0 Å². The quantitative estimate of drug-likeness (QED) is 0.301. The van der Waals surface area contributed by atoms with Crippen LogP contribution < -0.4 is 12.3 Å². The van der Waals surface area contributed by atoms with Crippen molar-refractivity contribution in [3.05, 3.63) is 76.6 Å². The smallest absolute Gasteiger partial charge is 0.369 e. The number of hydrogen-bond donors (Lipinski definition) is 2. The van der Waals surface area contributed by atoms with Gasteiger partial charge in [-0.15, -0.1) is 0 Å². The van der Waals surface area contributed by atoms with Gasteiger partial charge in [-0.05, 0) is 0 Å². The zero-order valence-electron chi connectivity index (χ0n) is 10.6. The van der Waals surface area contributed by atoms with Gasteiger partial charge in [-0.1, -0.05) is 0 Å². The van der Waals surface area contributed by atoms with Crippen LogP contribution in [0.3, 0.4) is 0 Å². The molecule has 0 unspecified atom stereocenters. The Morgan fingerprint density at radius 1 is 0.348 bits per heavy atom. The molecular formula is H8LuN7O15. The molecule has 0 amide bonds. The van der Waals surface area contributed by atoms with Crippen LogP contribution in [0.1, 0.15) is 0 Å². The van der Waals surface area contributed by atoms with Crippen LogP contribution in [-0.4, -0.2) is 25.4 Å². The van der Waals surface area contributed by atoms with Crippen molar-refractivity contribution < 1.29 is 62.3 Å². The Hall–Kier alpha value is -2.85. The summed E-state index contributed by atoms with van der Waals surface area (Å²) in [5.41, 5.74) is 0. The molecule has 0 aromatic heterocycles. The van der Waals surface area contributed by atoms with E-state index >= 15 is 0 Å². The van der Waals surface area contributed by atoms with E-state index in [1.54, 1.807) is 0 Å². The Morgan fingerprint density at radius 2 is 0.348 bits per heavy atom. The Morgan fingerprint density at radius 3 is 0.348 bits per heavy atom. The average Bonchev–Trinajstić information content (AvgIpc) is 1.94. The first kappa shape index (κ1) is 50.1. The maximum Gasteiger partial charge on any atom is 3.00 e. The topological polar surface area (TPSA) is 404 Å². The van der Waals surface area contributed by atoms with Crippen molar-refractivity contribution in [2.75, 3.05) is 0 Å². The Labute approximate surface area is 151 Å². The summed E-state index contributed by atoms with van der Waals surface area (Å²) >= 11 is 0. The fourth-order valence-electron chi connectivity index (χ4n) is 0. The second-order valence-corrected chi connectivity index (χ2v) is 1.12. The molecule has 0 atom stereocenters. The molecule has 0 aliphatic carbocycles. The van der Waals surface area contributed by atoms with Crippen molar-refractivity contribution >= 4 is 0 Å². The van der Waals surface area contributed by atoms with Crippen LogP contribution in [-0.2, 0) is 0 Å². The Bertz CT molecular complexity index is 211. The molecule has 23 heavy (non-hydrogen) atoms. The predicted molar refractivity (Wildman–Crippen MR) is 63.8 cm³/mol. The zero-order valence-corrected chi connectivity index (χ0v) is 12.3. The third-order valence-electron chi connectivity index (χ3n) is 0. The van der Waals surface area contributed by atoms with Gasteiger partial charge in [-0.25, -0.2) is 0 Å². The van der Waals surface area contributed by atoms with Crippen LogP contribution in [0.5, 0.6) is 0 Å². The van der Waals surface area contributed by atoms with Gasteiger partial charge in [0.25, 0.3) is 0 Å². The monoisotopic (exact) mass is 521 g/mol. The van der Waals surface area contributed by atoms with Crippen LogP contribution in [0.15, 0.2) is 0 Å². The van der Waals surface area contributed by atoms with Crippen LogP contribution in [0.2, 0.25) is 0 Å². The van der Waals surface area contributed by atoms with Gasteiger partial charge in [0.1, 0.15) is 0 Å². The molecule has 0 radical (unpaired) electrons. The molecule has 0 aliphatic heterocycles. The van der Waals surface area contributed by atoms with E-state index < -0.39 is 25.4 Å². The van der Waals surface area contributed by atoms with Gasteiger partial charge in [-0.2, -0.15) is 0 Å². The summed E-state index contributed by atoms with van der Waals surface area (Å²) in [4.78, 5) is 41.2. The van der Waals surface area contributed by atoms with Crippen molar-refractivity contribution in [2.45, 2.75) is 0 Å². The summed E-state index contributed by atoms with van der Waals surface area (Å²) in [5.74, 6) is 0. The summed E-state index contributed by atoms with van der Waals surface area (Å²) in [6.07, 6.45) is 0. The molecule has 0 bridgehead atoms. The molecule has 0 aromatic rings. The maximum atomic E-state index is 8.25. The first-order valence-electron chi connectivity index (χ1n) is 2.74. The van der Waals surface area contributed by atoms with Crippen molar-refractivity contribution in [2.24, 2.45) is 0 Å². The van der Waals surface area contributed by atoms with Crippen molar-refractivity contribution in [1.29, 1.82) is 0 Å². The zero-order chi connectivity index (χ0) is 17.9. The first-order chi connectivity index (χ1) is 8.66. The minimum Gasteiger partial charge on any atom is -0.369 e. The Balaban J connectivity index is -0.0000000197. The summed E-state index contributed by atoms with van der Waals surface area (Å²) in [6.45, 7) is 0. The van der Waals surface area contributed by atoms with E-state index in [-0.39, 0.29) is 49.2 Å². The number of hydrogen-bond acceptors (Lipinski definition) is 15. The number of nitrogens with zero attached hydrogens (tertiary/aromatic N) is 5. The van der Waals surface area contributed by atoms with E-state index in [4.69, 9.17) is 76.6 Å². The van der Waals surface area contributed by atoms with Gasteiger partial charge in [0.05, 0.1) is 25.4 Å². The maximum absolute atomic E-state index is 8.25. The van der Waals surface area contributed by atoms with Gasteiger partial charge in [0, 0.05) is 0 Å². The van der Waals surface area contributed by atoms with Gasteiger partial charge < -0.3 is 88.9 Å². The third kappa shape index (κ3) is 696. The Kier molecular flexibility index (Phi) is 93.0. The summed E-state index contributed by atoms with van der Waals surface area (Å²) in [7, 11) is 0. The first-order valence-corrected chi connectivity index (χ1v) is 2.74. The van der Waals surface area contributed by atoms with E-state index in [1.807, 2.05) is 0 Å². The molecular weight excluding hydrogens is 513 g/mol. The molecule has 0 saturated carbocycles. The van der Waals surface area contributed by atoms with Gasteiger partial charge in [0.2, 0.25) is 0 Å². The van der Waals surface area contributed by atoms with Gasteiger partial charge in [-0.3, -0.25) is 0 Å². The second kappa shape index (κ2) is 42.7. The standard InChI is InChI=1S/Lu.5NO3.2H3N/c;5*2-1(3)4;;/h;;;;;;2*1H3/q+3;5*-1;;/p+2.